The fraction of sp³-hybridized carbons (Fsp3) is 1.00. The highest BCUT2D eigenvalue weighted by atomic mass is 35.5. The first-order valence-electron chi connectivity index (χ1n) is 2.61. The smallest absolute Gasteiger partial charge is 0.235 e. The third-order valence-corrected chi connectivity index (χ3v) is 1.36. The molecule has 0 aliphatic carbocycles. The molecule has 46 valence electrons. The molecule has 1 rings (SSSR count). The Hall–Kier alpha value is 0.275. The van der Waals surface area contributed by atoms with Crippen molar-refractivity contribution >= 4 is 18.4 Å². The molecule has 1 heterocycles. The van der Waals surface area contributed by atoms with E-state index < -0.39 is 0 Å². The zero-order valence-electron chi connectivity index (χ0n) is 4.60. The summed E-state index contributed by atoms with van der Waals surface area (Å²) < 4.78 is 7.81. The molecule has 0 aromatic heterocycles. The largest absolute Gasteiger partial charge is 0.696 e. The molecule has 1 aliphatic heterocycles. The van der Waals surface area contributed by atoms with Crippen LogP contribution >= 0.6 is 11.5 Å². The Kier molecular flexibility index (Phi) is 2.66. The van der Waals surface area contributed by atoms with Gasteiger partial charge in [0.1, 0.15) is 26.4 Å². The zero-order valence-corrected chi connectivity index (χ0v) is 5.36. The van der Waals surface area contributed by atoms with Crippen molar-refractivity contribution < 1.29 is 9.02 Å². The number of hydrogen-bond donors (Lipinski definition) is 0. The molecule has 0 spiro atoms. The minimum Gasteiger partial charge on any atom is -0.696 e. The van der Waals surface area contributed by atoms with E-state index in [0.717, 1.165) is 26.4 Å². The summed E-state index contributed by atoms with van der Waals surface area (Å²) in [6.45, 7) is 4.75. The summed E-state index contributed by atoms with van der Waals surface area (Å²) in [4.78, 5) is 0. The van der Waals surface area contributed by atoms with Crippen molar-refractivity contribution in [2.75, 3.05) is 26.4 Å². The Balaban J connectivity index is 2.13. The molecule has 0 aromatic rings. The van der Waals surface area contributed by atoms with Crippen molar-refractivity contribution in [2.45, 2.75) is 0 Å². The maximum atomic E-state index is 5.39. The Labute approximate surface area is 54.6 Å². The van der Waals surface area contributed by atoms with Gasteiger partial charge in [-0.05, 0) is 0 Å². The van der Waals surface area contributed by atoms with Crippen LogP contribution in [-0.4, -0.2) is 33.3 Å². The van der Waals surface area contributed by atoms with Gasteiger partial charge in [0.25, 0.3) is 0 Å². The molecule has 8 heavy (non-hydrogen) atoms. The molecule has 0 bridgehead atoms. The van der Waals surface area contributed by atoms with E-state index in [2.05, 4.69) is 4.28 Å². The van der Waals surface area contributed by atoms with Crippen molar-refractivity contribution in [1.29, 1.82) is 0 Å². The minimum atomic E-state index is 0.772. The molecular weight excluding hydrogens is 126 g/mol. The maximum Gasteiger partial charge on any atom is 0.235 e. The first kappa shape index (κ1) is 6.40. The summed E-state index contributed by atoms with van der Waals surface area (Å²) in [6.07, 6.45) is 0. The molecule has 0 unspecified atom stereocenters. The van der Waals surface area contributed by atoms with Crippen molar-refractivity contribution in [3.63, 3.8) is 0 Å². The molecule has 0 amide bonds. The second-order valence-electron chi connectivity index (χ2n) is 1.65. The number of hydrogen-bond acceptors (Lipinski definition) is 1. The molecule has 2 radical (unpaired) electrons. The highest BCUT2D eigenvalue weighted by Gasteiger charge is 2.04. The quantitative estimate of drug-likeness (QED) is 0.372. The summed E-state index contributed by atoms with van der Waals surface area (Å²) in [7, 11) is 0. The summed E-state index contributed by atoms with van der Waals surface area (Å²) in [5, 5.41) is 0. The van der Waals surface area contributed by atoms with Crippen molar-refractivity contribution in [3.05, 3.63) is 0 Å². The fourth-order valence-electron chi connectivity index (χ4n) is 0.625. The van der Waals surface area contributed by atoms with E-state index in [0.29, 0.717) is 0 Å². The van der Waals surface area contributed by atoms with Gasteiger partial charge in [-0.2, -0.15) is 0 Å². The van der Waals surface area contributed by atoms with Crippen LogP contribution in [0, 0.1) is 0 Å². The Morgan fingerprint density at radius 1 is 1.38 bits per heavy atom. The second-order valence-corrected chi connectivity index (χ2v) is 1.83. The van der Waals surface area contributed by atoms with E-state index in [4.69, 9.17) is 16.2 Å². The van der Waals surface area contributed by atoms with E-state index in [1.807, 2.05) is 0 Å². The minimum absolute atomic E-state index is 0.772. The van der Waals surface area contributed by atoms with E-state index in [9.17, 15) is 0 Å². The van der Waals surface area contributed by atoms with E-state index in [1.165, 1.54) is 6.90 Å². The van der Waals surface area contributed by atoms with Gasteiger partial charge in [0, 0.05) is 0 Å². The molecule has 2 nitrogen and oxygen atoms in total. The average molecular weight is 134 g/mol. The van der Waals surface area contributed by atoms with Crippen molar-refractivity contribution in [2.24, 2.45) is 0 Å². The Morgan fingerprint density at radius 3 is 2.38 bits per heavy atom. The van der Waals surface area contributed by atoms with Crippen LogP contribution in [0.3, 0.4) is 0 Å². The van der Waals surface area contributed by atoms with Crippen molar-refractivity contribution in [1.82, 2.24) is 0 Å². The molecule has 1 aliphatic rings. The lowest BCUT2D eigenvalue weighted by molar-refractivity contribution is -0.0965. The first-order chi connectivity index (χ1) is 3.93. The second kappa shape index (κ2) is 3.33. The molecule has 4 heteroatoms. The molecule has 1 fully saturated rings. The van der Waals surface area contributed by atoms with Crippen LogP contribution in [0.5, 0.6) is 0 Å². The van der Waals surface area contributed by atoms with Gasteiger partial charge >= 0.3 is 0 Å². The van der Waals surface area contributed by atoms with Crippen LogP contribution in [0.2, 0.25) is 0 Å². The summed E-state index contributed by atoms with van der Waals surface area (Å²) >= 11 is 5.39. The lowest BCUT2D eigenvalue weighted by atomic mass is 10.4. The predicted octanol–water partition coefficient (Wildman–Crippen LogP) is 0.342. The van der Waals surface area contributed by atoms with E-state index in [-0.39, 0.29) is 0 Å². The molecule has 0 saturated carbocycles. The van der Waals surface area contributed by atoms with Gasteiger partial charge in [0.15, 0.2) is 0 Å². The number of rotatable bonds is 1. The third kappa shape index (κ3) is 1.65. The van der Waals surface area contributed by atoms with Crippen LogP contribution in [0.4, 0.5) is 0 Å². The van der Waals surface area contributed by atoms with Gasteiger partial charge in [-0.25, -0.2) is 0 Å². The molecule has 0 aromatic carbocycles. The number of ether oxygens (including phenoxy) is 1. The topological polar surface area (TPSA) is 11.9 Å². The van der Waals surface area contributed by atoms with Gasteiger partial charge in [-0.15, -0.1) is 0 Å². The Bertz CT molecular complexity index is 65.1. The fourth-order valence-corrected chi connectivity index (χ4v) is 0.803. The Morgan fingerprint density at radius 2 is 2.00 bits per heavy atom. The average Bonchev–Trinajstić information content (AvgIpc) is 1.90. The van der Waals surface area contributed by atoms with Gasteiger partial charge in [0.2, 0.25) is 6.90 Å². The lowest BCUT2D eigenvalue weighted by Gasteiger charge is -2.33. The highest BCUT2D eigenvalue weighted by molar-refractivity contribution is 6.90. The van der Waals surface area contributed by atoms with Gasteiger partial charge < -0.3 is 20.5 Å². The molecule has 0 N–H and O–H groups in total. The molecule has 1 saturated heterocycles. The monoisotopic (exact) mass is 134 g/mol. The van der Waals surface area contributed by atoms with Crippen LogP contribution in [0.15, 0.2) is 0 Å². The summed E-state index contributed by atoms with van der Waals surface area (Å²) in [6, 6.07) is 0. The van der Waals surface area contributed by atoms with Gasteiger partial charge in [-0.3, -0.25) is 0 Å². The molecule has 0 atom stereocenters. The maximum absolute atomic E-state index is 5.39. The molecular formula is C4H8BClO2. The van der Waals surface area contributed by atoms with Gasteiger partial charge in [-0.1, -0.05) is 0 Å². The van der Waals surface area contributed by atoms with Crippen LogP contribution < -0.4 is 0 Å². The normalized spacial score (nSPS) is 23.6. The van der Waals surface area contributed by atoms with Gasteiger partial charge in [0.05, 0.1) is 0 Å². The summed E-state index contributed by atoms with van der Waals surface area (Å²) in [5.41, 5.74) is 0. The zero-order chi connectivity index (χ0) is 5.82. The van der Waals surface area contributed by atoms with Crippen molar-refractivity contribution in [3.8, 4) is 0 Å². The van der Waals surface area contributed by atoms with Crippen LogP contribution in [0.1, 0.15) is 0 Å². The first-order valence-corrected chi connectivity index (χ1v) is 3.05. The van der Waals surface area contributed by atoms with Crippen LogP contribution in [-0.2, 0) is 9.02 Å². The SMILES string of the molecule is Cl[B-][O+]1CCOCC1. The predicted molar refractivity (Wildman–Crippen MR) is 33.2 cm³/mol. The van der Waals surface area contributed by atoms with E-state index in [1.54, 1.807) is 0 Å². The number of halogens is 1. The lowest BCUT2D eigenvalue weighted by Crippen LogP contribution is -2.29. The summed E-state index contributed by atoms with van der Waals surface area (Å²) in [5.74, 6) is 0. The standard InChI is InChI=1S/C4H8BClO2/c6-5-8-3-1-7-2-4-8/h1-4H2. The van der Waals surface area contributed by atoms with E-state index >= 15 is 0 Å². The third-order valence-electron chi connectivity index (χ3n) is 1.11. The van der Waals surface area contributed by atoms with Crippen LogP contribution in [0.25, 0.3) is 0 Å². The highest BCUT2D eigenvalue weighted by Crippen LogP contribution is 2.00.